The Morgan fingerprint density at radius 2 is 1.87 bits per heavy atom. The highest BCUT2D eigenvalue weighted by atomic mass is 16.3. The minimum atomic E-state index is 0.0947. The summed E-state index contributed by atoms with van der Waals surface area (Å²) < 4.78 is 5.40. The van der Waals surface area contributed by atoms with Crippen molar-refractivity contribution in [3.63, 3.8) is 0 Å². The fourth-order valence-corrected chi connectivity index (χ4v) is 3.58. The predicted molar refractivity (Wildman–Crippen MR) is 84.7 cm³/mol. The summed E-state index contributed by atoms with van der Waals surface area (Å²) in [6, 6.07) is 3.93. The minimum absolute atomic E-state index is 0.0947. The van der Waals surface area contributed by atoms with Gasteiger partial charge in [0.15, 0.2) is 5.76 Å². The van der Waals surface area contributed by atoms with Crippen molar-refractivity contribution in [1.29, 1.82) is 0 Å². The van der Waals surface area contributed by atoms with Gasteiger partial charge < -0.3 is 19.1 Å². The lowest BCUT2D eigenvalue weighted by Gasteiger charge is -2.36. The van der Waals surface area contributed by atoms with Crippen LogP contribution in [-0.4, -0.2) is 60.9 Å². The first-order valence-corrected chi connectivity index (χ1v) is 8.53. The lowest BCUT2D eigenvalue weighted by Crippen LogP contribution is -3.13. The standard InChI is InChI=1S/C17H25N3O3/c1-14(21)19-6-4-15(5-7-19)17(22)20-10-8-18(9-11-20)13-16-3-2-12-23-16/h2-3,12,15H,4-11,13H2,1H3/p+1. The van der Waals surface area contributed by atoms with Crippen molar-refractivity contribution in [3.8, 4) is 0 Å². The van der Waals surface area contributed by atoms with E-state index in [1.807, 2.05) is 21.9 Å². The van der Waals surface area contributed by atoms with E-state index >= 15 is 0 Å². The zero-order valence-electron chi connectivity index (χ0n) is 13.8. The predicted octanol–water partition coefficient (Wildman–Crippen LogP) is -0.235. The first-order valence-electron chi connectivity index (χ1n) is 8.53. The van der Waals surface area contributed by atoms with Crippen LogP contribution in [-0.2, 0) is 16.1 Å². The summed E-state index contributed by atoms with van der Waals surface area (Å²) in [6.45, 7) is 7.52. The number of piperazine rings is 1. The van der Waals surface area contributed by atoms with E-state index in [1.54, 1.807) is 13.2 Å². The Labute approximate surface area is 137 Å². The van der Waals surface area contributed by atoms with Gasteiger partial charge in [0, 0.05) is 25.9 Å². The van der Waals surface area contributed by atoms with E-state index in [2.05, 4.69) is 0 Å². The third-order valence-electron chi connectivity index (χ3n) is 5.08. The number of carbonyl (C=O) groups is 2. The summed E-state index contributed by atoms with van der Waals surface area (Å²) in [5.74, 6) is 1.50. The Morgan fingerprint density at radius 3 is 2.43 bits per heavy atom. The normalized spacial score (nSPS) is 20.7. The third-order valence-corrected chi connectivity index (χ3v) is 5.08. The molecule has 3 heterocycles. The van der Waals surface area contributed by atoms with Crippen LogP contribution >= 0.6 is 0 Å². The Hall–Kier alpha value is -1.82. The molecule has 23 heavy (non-hydrogen) atoms. The average Bonchev–Trinajstić information content (AvgIpc) is 3.08. The van der Waals surface area contributed by atoms with Gasteiger partial charge in [-0.1, -0.05) is 0 Å². The maximum atomic E-state index is 12.6. The van der Waals surface area contributed by atoms with Gasteiger partial charge in [0.05, 0.1) is 32.4 Å². The monoisotopic (exact) mass is 320 g/mol. The van der Waals surface area contributed by atoms with Crippen molar-refractivity contribution in [2.75, 3.05) is 39.3 Å². The Morgan fingerprint density at radius 1 is 1.17 bits per heavy atom. The van der Waals surface area contributed by atoms with Gasteiger partial charge in [-0.2, -0.15) is 0 Å². The van der Waals surface area contributed by atoms with Crippen molar-refractivity contribution < 1.29 is 18.9 Å². The van der Waals surface area contributed by atoms with Crippen LogP contribution < -0.4 is 4.90 Å². The summed E-state index contributed by atoms with van der Waals surface area (Å²) >= 11 is 0. The van der Waals surface area contributed by atoms with E-state index in [9.17, 15) is 9.59 Å². The van der Waals surface area contributed by atoms with E-state index in [4.69, 9.17) is 4.42 Å². The summed E-state index contributed by atoms with van der Waals surface area (Å²) in [7, 11) is 0. The maximum Gasteiger partial charge on any atom is 0.226 e. The van der Waals surface area contributed by atoms with Crippen LogP contribution in [0.2, 0.25) is 0 Å². The number of rotatable bonds is 3. The van der Waals surface area contributed by atoms with Gasteiger partial charge in [0.2, 0.25) is 11.8 Å². The second-order valence-electron chi connectivity index (χ2n) is 6.61. The molecule has 0 saturated carbocycles. The van der Waals surface area contributed by atoms with Gasteiger partial charge in [-0.3, -0.25) is 9.59 Å². The van der Waals surface area contributed by atoms with Crippen LogP contribution in [0.3, 0.4) is 0 Å². The molecule has 0 radical (unpaired) electrons. The number of quaternary nitrogens is 1. The van der Waals surface area contributed by atoms with Gasteiger partial charge in [-0.25, -0.2) is 0 Å². The number of nitrogens with one attached hydrogen (secondary N) is 1. The zero-order valence-corrected chi connectivity index (χ0v) is 13.8. The first-order chi connectivity index (χ1) is 11.1. The van der Waals surface area contributed by atoms with Gasteiger partial charge in [-0.05, 0) is 25.0 Å². The van der Waals surface area contributed by atoms with Crippen molar-refractivity contribution in [3.05, 3.63) is 24.2 Å². The van der Waals surface area contributed by atoms with Crippen molar-refractivity contribution >= 4 is 11.8 Å². The zero-order chi connectivity index (χ0) is 16.2. The van der Waals surface area contributed by atoms with Gasteiger partial charge >= 0.3 is 0 Å². The van der Waals surface area contributed by atoms with Crippen LogP contribution in [0.4, 0.5) is 0 Å². The molecule has 0 aromatic carbocycles. The lowest BCUT2D eigenvalue weighted by atomic mass is 9.95. The van der Waals surface area contributed by atoms with Crippen molar-refractivity contribution in [1.82, 2.24) is 9.80 Å². The molecule has 2 amide bonds. The van der Waals surface area contributed by atoms with E-state index < -0.39 is 0 Å². The number of piperidine rings is 1. The molecule has 1 aromatic rings. The molecule has 1 N–H and O–H groups in total. The SMILES string of the molecule is CC(=O)N1CCC(C(=O)N2CC[NH+](Cc3ccco3)CC2)CC1. The smallest absolute Gasteiger partial charge is 0.226 e. The molecular weight excluding hydrogens is 294 g/mol. The molecule has 3 rings (SSSR count). The Kier molecular flexibility index (Phi) is 5.00. The summed E-state index contributed by atoms with van der Waals surface area (Å²) in [6.07, 6.45) is 3.32. The molecule has 2 aliphatic heterocycles. The first kappa shape index (κ1) is 16.1. The molecule has 2 saturated heterocycles. The summed E-state index contributed by atoms with van der Waals surface area (Å²) in [5.41, 5.74) is 0. The van der Waals surface area contributed by atoms with Gasteiger partial charge in [-0.15, -0.1) is 0 Å². The molecule has 0 spiro atoms. The number of amides is 2. The molecule has 1 aromatic heterocycles. The minimum Gasteiger partial charge on any atom is -0.463 e. The average molecular weight is 320 g/mol. The molecule has 0 aliphatic carbocycles. The van der Waals surface area contributed by atoms with Crippen LogP contribution in [0.5, 0.6) is 0 Å². The van der Waals surface area contributed by atoms with Crippen LogP contribution in [0.25, 0.3) is 0 Å². The summed E-state index contributed by atoms with van der Waals surface area (Å²) in [5, 5.41) is 0. The van der Waals surface area contributed by atoms with Gasteiger partial charge in [0.25, 0.3) is 0 Å². The quantitative estimate of drug-likeness (QED) is 0.837. The van der Waals surface area contributed by atoms with E-state index in [0.717, 1.165) is 64.4 Å². The number of nitrogens with zero attached hydrogens (tertiary/aromatic N) is 2. The molecular formula is C17H26N3O3+. The fraction of sp³-hybridized carbons (Fsp3) is 0.647. The molecule has 0 bridgehead atoms. The number of hydrogen-bond donors (Lipinski definition) is 1. The van der Waals surface area contributed by atoms with Crippen LogP contribution in [0, 0.1) is 5.92 Å². The fourth-order valence-electron chi connectivity index (χ4n) is 3.58. The molecule has 0 atom stereocenters. The van der Waals surface area contributed by atoms with E-state index in [-0.39, 0.29) is 17.7 Å². The number of furan rings is 1. The van der Waals surface area contributed by atoms with E-state index in [1.165, 1.54) is 4.90 Å². The maximum absolute atomic E-state index is 12.6. The third kappa shape index (κ3) is 3.93. The highest BCUT2D eigenvalue weighted by Gasteiger charge is 2.32. The molecule has 126 valence electrons. The molecule has 2 aliphatic rings. The number of hydrogen-bond acceptors (Lipinski definition) is 3. The second-order valence-corrected chi connectivity index (χ2v) is 6.61. The molecule has 2 fully saturated rings. The topological polar surface area (TPSA) is 58.2 Å². The van der Waals surface area contributed by atoms with E-state index in [0.29, 0.717) is 0 Å². The van der Waals surface area contributed by atoms with Crippen LogP contribution in [0.1, 0.15) is 25.5 Å². The highest BCUT2D eigenvalue weighted by molar-refractivity contribution is 5.79. The van der Waals surface area contributed by atoms with Crippen molar-refractivity contribution in [2.45, 2.75) is 26.3 Å². The molecule has 6 nitrogen and oxygen atoms in total. The Bertz CT molecular complexity index is 527. The molecule has 0 unspecified atom stereocenters. The lowest BCUT2D eigenvalue weighted by molar-refractivity contribution is -0.918. The summed E-state index contributed by atoms with van der Waals surface area (Å²) in [4.78, 5) is 29.3. The van der Waals surface area contributed by atoms with Crippen molar-refractivity contribution in [2.24, 2.45) is 5.92 Å². The number of likely N-dealkylation sites (tertiary alicyclic amines) is 1. The van der Waals surface area contributed by atoms with Crippen LogP contribution in [0.15, 0.2) is 22.8 Å². The molecule has 6 heteroatoms. The Balaban J connectivity index is 1.44. The second kappa shape index (κ2) is 7.17. The van der Waals surface area contributed by atoms with Gasteiger partial charge in [0.1, 0.15) is 6.54 Å². The highest BCUT2D eigenvalue weighted by Crippen LogP contribution is 2.19. The number of carbonyl (C=O) groups excluding carboxylic acids is 2. The largest absolute Gasteiger partial charge is 0.463 e.